The van der Waals surface area contributed by atoms with Crippen LogP contribution in [0.3, 0.4) is 0 Å². The summed E-state index contributed by atoms with van der Waals surface area (Å²) in [4.78, 5) is 30.7. The first-order valence-corrected chi connectivity index (χ1v) is 9.24. The quantitative estimate of drug-likeness (QED) is 0.776. The van der Waals surface area contributed by atoms with Gasteiger partial charge in [-0.3, -0.25) is 14.6 Å². The second kappa shape index (κ2) is 7.28. The van der Waals surface area contributed by atoms with Crippen LogP contribution in [0.5, 0.6) is 0 Å². The van der Waals surface area contributed by atoms with Gasteiger partial charge >= 0.3 is 6.09 Å². The van der Waals surface area contributed by atoms with Gasteiger partial charge in [0.15, 0.2) is 0 Å². The third kappa shape index (κ3) is 3.31. The van der Waals surface area contributed by atoms with Crippen LogP contribution < -0.4 is 0 Å². The summed E-state index contributed by atoms with van der Waals surface area (Å²) >= 11 is 0. The van der Waals surface area contributed by atoms with Gasteiger partial charge in [-0.25, -0.2) is 4.79 Å². The molecule has 3 fully saturated rings. The topological polar surface area (TPSA) is 75.5 Å². The molecule has 0 unspecified atom stereocenters. The van der Waals surface area contributed by atoms with E-state index in [1.807, 2.05) is 0 Å². The Bertz CT molecular complexity index is 670. The smallest absolute Gasteiger partial charge is 0.410 e. The zero-order valence-electron chi connectivity index (χ0n) is 15.1. The Labute approximate surface area is 152 Å². The molecule has 0 radical (unpaired) electrons. The number of amides is 2. The maximum Gasteiger partial charge on any atom is 0.410 e. The molecule has 0 aromatic carbocycles. The van der Waals surface area contributed by atoms with Crippen LogP contribution in [-0.4, -0.2) is 91.3 Å². The molecule has 1 aromatic heterocycles. The number of morpholine rings is 1. The Hall–Kier alpha value is -2.06. The van der Waals surface area contributed by atoms with Crippen LogP contribution in [0.1, 0.15) is 22.5 Å². The highest BCUT2D eigenvalue weighted by atomic mass is 16.6. The highest BCUT2D eigenvalue weighted by Crippen LogP contribution is 2.28. The summed E-state index contributed by atoms with van der Waals surface area (Å²) in [7, 11) is 0. The molecule has 1 aromatic rings. The van der Waals surface area contributed by atoms with Gasteiger partial charge in [0, 0.05) is 32.7 Å². The molecular weight excluding hydrogens is 338 g/mol. The number of rotatable bonds is 5. The molecule has 142 valence electrons. The van der Waals surface area contributed by atoms with Crippen molar-refractivity contribution in [2.24, 2.45) is 0 Å². The van der Waals surface area contributed by atoms with Gasteiger partial charge < -0.3 is 18.8 Å². The lowest BCUT2D eigenvalue weighted by Crippen LogP contribution is -2.42. The number of nitrogens with zero attached hydrogens (tertiary/aromatic N) is 3. The maximum atomic E-state index is 12.7. The zero-order chi connectivity index (χ0) is 18.1. The summed E-state index contributed by atoms with van der Waals surface area (Å²) in [5.74, 6) is 0.557. The van der Waals surface area contributed by atoms with Crippen molar-refractivity contribution in [2.45, 2.75) is 25.5 Å². The molecule has 8 nitrogen and oxygen atoms in total. The van der Waals surface area contributed by atoms with Crippen molar-refractivity contribution in [3.8, 4) is 0 Å². The highest BCUT2D eigenvalue weighted by molar-refractivity contribution is 5.95. The minimum atomic E-state index is -0.256. The van der Waals surface area contributed by atoms with Gasteiger partial charge in [-0.2, -0.15) is 0 Å². The summed E-state index contributed by atoms with van der Waals surface area (Å²) in [6.07, 6.45) is 1.93. The first-order chi connectivity index (χ1) is 12.6. The van der Waals surface area contributed by atoms with Crippen molar-refractivity contribution in [3.05, 3.63) is 23.7 Å². The summed E-state index contributed by atoms with van der Waals surface area (Å²) in [6, 6.07) is 1.64. The van der Waals surface area contributed by atoms with Crippen LogP contribution >= 0.6 is 0 Å². The van der Waals surface area contributed by atoms with E-state index in [9.17, 15) is 9.59 Å². The number of aryl methyl sites for hydroxylation is 1. The van der Waals surface area contributed by atoms with Crippen LogP contribution in [0.15, 0.2) is 16.7 Å². The number of carbonyl (C=O) groups excluding carboxylic acids is 2. The van der Waals surface area contributed by atoms with Crippen LogP contribution in [0.2, 0.25) is 0 Å². The third-order valence-corrected chi connectivity index (χ3v) is 5.48. The van der Waals surface area contributed by atoms with Crippen molar-refractivity contribution >= 4 is 12.0 Å². The molecule has 0 bridgehead atoms. The Balaban J connectivity index is 1.32. The van der Waals surface area contributed by atoms with Gasteiger partial charge in [-0.05, 0) is 19.4 Å². The second-order valence-corrected chi connectivity index (χ2v) is 7.09. The second-order valence-electron chi connectivity index (χ2n) is 7.09. The molecule has 3 aliphatic heterocycles. The number of hydrogen-bond acceptors (Lipinski definition) is 6. The van der Waals surface area contributed by atoms with Gasteiger partial charge in [0.1, 0.15) is 11.9 Å². The SMILES string of the molecule is Cc1occc1C(=O)N1C[C@H]2OC(=O)N(CCCN3CCOCC3)[C@H]2C1. The van der Waals surface area contributed by atoms with E-state index < -0.39 is 0 Å². The summed E-state index contributed by atoms with van der Waals surface area (Å²) in [6.45, 7) is 7.79. The van der Waals surface area contributed by atoms with E-state index in [-0.39, 0.29) is 24.1 Å². The van der Waals surface area contributed by atoms with E-state index in [1.54, 1.807) is 22.8 Å². The number of carbonyl (C=O) groups is 2. The molecule has 26 heavy (non-hydrogen) atoms. The minimum absolute atomic E-state index is 0.0525. The molecule has 0 spiro atoms. The van der Waals surface area contributed by atoms with Gasteiger partial charge in [0.25, 0.3) is 5.91 Å². The van der Waals surface area contributed by atoms with E-state index in [0.29, 0.717) is 31.0 Å². The van der Waals surface area contributed by atoms with Crippen molar-refractivity contribution in [2.75, 3.05) is 52.5 Å². The average Bonchev–Trinajstić information content (AvgIpc) is 3.31. The predicted molar refractivity (Wildman–Crippen MR) is 92.0 cm³/mol. The Morgan fingerprint density at radius 3 is 2.77 bits per heavy atom. The van der Waals surface area contributed by atoms with Gasteiger partial charge in [0.2, 0.25) is 0 Å². The van der Waals surface area contributed by atoms with Gasteiger partial charge in [0.05, 0.1) is 37.6 Å². The van der Waals surface area contributed by atoms with Gasteiger partial charge in [-0.1, -0.05) is 0 Å². The highest BCUT2D eigenvalue weighted by Gasteiger charge is 2.48. The van der Waals surface area contributed by atoms with E-state index in [1.165, 1.54) is 6.26 Å². The number of ether oxygens (including phenoxy) is 2. The molecule has 4 heterocycles. The molecule has 2 atom stereocenters. The lowest BCUT2D eigenvalue weighted by atomic mass is 10.2. The fourth-order valence-corrected chi connectivity index (χ4v) is 3.99. The number of hydrogen-bond donors (Lipinski definition) is 0. The molecule has 0 saturated carbocycles. The van der Waals surface area contributed by atoms with Crippen LogP contribution in [0.25, 0.3) is 0 Å². The Kier molecular flexibility index (Phi) is 4.86. The molecule has 8 heteroatoms. The molecule has 4 rings (SSSR count). The van der Waals surface area contributed by atoms with Crippen LogP contribution in [-0.2, 0) is 9.47 Å². The van der Waals surface area contributed by atoms with Crippen molar-refractivity contribution in [3.63, 3.8) is 0 Å². The van der Waals surface area contributed by atoms with Crippen LogP contribution in [0, 0.1) is 6.92 Å². The minimum Gasteiger partial charge on any atom is -0.469 e. The Morgan fingerprint density at radius 2 is 2.04 bits per heavy atom. The van der Waals surface area contributed by atoms with Crippen molar-refractivity contribution < 1.29 is 23.5 Å². The monoisotopic (exact) mass is 363 g/mol. The lowest BCUT2D eigenvalue weighted by molar-refractivity contribution is 0.0362. The van der Waals surface area contributed by atoms with Crippen molar-refractivity contribution in [1.29, 1.82) is 0 Å². The summed E-state index contributed by atoms with van der Waals surface area (Å²) < 4.78 is 16.1. The molecule has 3 aliphatic rings. The zero-order valence-corrected chi connectivity index (χ0v) is 15.1. The molecular formula is C18H25N3O5. The summed E-state index contributed by atoms with van der Waals surface area (Å²) in [5, 5.41) is 0. The standard InChI is InChI=1S/C18H25N3O5/c1-13-14(3-8-25-13)17(22)20-11-15-16(12-20)26-18(23)21(15)5-2-4-19-6-9-24-10-7-19/h3,8,15-16H,2,4-7,9-12H2,1H3/t15-,16+/m0/s1. The third-order valence-electron chi connectivity index (χ3n) is 5.48. The van der Waals surface area contributed by atoms with E-state index in [2.05, 4.69) is 4.90 Å². The molecule has 3 saturated heterocycles. The Morgan fingerprint density at radius 1 is 1.23 bits per heavy atom. The number of likely N-dealkylation sites (tertiary alicyclic amines) is 1. The molecule has 0 aliphatic carbocycles. The molecule has 0 N–H and O–H groups in total. The summed E-state index contributed by atoms with van der Waals surface area (Å²) in [5.41, 5.74) is 0.579. The average molecular weight is 363 g/mol. The van der Waals surface area contributed by atoms with E-state index in [0.717, 1.165) is 39.3 Å². The van der Waals surface area contributed by atoms with Crippen LogP contribution in [0.4, 0.5) is 4.79 Å². The fourth-order valence-electron chi connectivity index (χ4n) is 3.99. The number of furan rings is 1. The van der Waals surface area contributed by atoms with E-state index in [4.69, 9.17) is 13.9 Å². The normalized spacial score (nSPS) is 26.3. The van der Waals surface area contributed by atoms with Gasteiger partial charge in [-0.15, -0.1) is 0 Å². The first-order valence-electron chi connectivity index (χ1n) is 9.24. The maximum absolute atomic E-state index is 12.7. The largest absolute Gasteiger partial charge is 0.469 e. The lowest BCUT2D eigenvalue weighted by Gasteiger charge is -2.28. The first kappa shape index (κ1) is 17.4. The molecule has 2 amide bonds. The van der Waals surface area contributed by atoms with E-state index >= 15 is 0 Å². The number of fused-ring (bicyclic) bond motifs is 1. The predicted octanol–water partition coefficient (Wildman–Crippen LogP) is 0.956. The fraction of sp³-hybridized carbons (Fsp3) is 0.667. The van der Waals surface area contributed by atoms with Crippen molar-refractivity contribution in [1.82, 2.24) is 14.7 Å².